The molecule has 0 spiro atoms. The van der Waals surface area contributed by atoms with Crippen molar-refractivity contribution in [1.29, 1.82) is 0 Å². The largest absolute Gasteiger partial charge is 2.00 e. The van der Waals surface area contributed by atoms with Gasteiger partial charge in [0.15, 0.2) is 0 Å². The zero-order valence-corrected chi connectivity index (χ0v) is 31.9. The van der Waals surface area contributed by atoms with E-state index in [1.54, 1.807) is 0 Å². The third-order valence-corrected chi connectivity index (χ3v) is 10.7. The van der Waals surface area contributed by atoms with Crippen LogP contribution in [0.5, 0.6) is 0 Å². The van der Waals surface area contributed by atoms with E-state index in [-0.39, 0.29) is 19.5 Å². The standard InChI is InChI=1S/C34H63O2PS2.Zn/c1-3-5-7-9-11-13-15-17-19-21-23-25-27-32-29-30-34(39-37(35,36)38)31-33(32)28-26-24-22-20-18-16-14-12-10-8-6-4-2;/h29-31H,3-28H2,1-2H3,(H2,35,36,38);/q;+2/p-2. The molecule has 1 aromatic rings. The van der Waals surface area contributed by atoms with Crippen LogP contribution in [0.15, 0.2) is 23.1 Å². The predicted molar refractivity (Wildman–Crippen MR) is 176 cm³/mol. The van der Waals surface area contributed by atoms with Gasteiger partial charge >= 0.3 is 19.5 Å². The molecule has 228 valence electrons. The Balaban J connectivity index is 0.0000152. The van der Waals surface area contributed by atoms with Crippen molar-refractivity contribution in [2.75, 3.05) is 0 Å². The van der Waals surface area contributed by atoms with E-state index in [0.29, 0.717) is 0 Å². The number of benzene rings is 1. The Kier molecular flexibility index (Phi) is 29.1. The maximum absolute atomic E-state index is 11.7. The average Bonchev–Trinajstić information content (AvgIpc) is 2.90. The molecule has 0 heterocycles. The van der Waals surface area contributed by atoms with Gasteiger partial charge in [-0.1, -0.05) is 161 Å². The molecule has 0 aromatic heterocycles. The van der Waals surface area contributed by atoms with Crippen molar-refractivity contribution in [3.05, 3.63) is 29.3 Å². The molecule has 0 atom stereocenters. The summed E-state index contributed by atoms with van der Waals surface area (Å²) in [5.41, 5.74) is -1.02. The molecule has 0 saturated carbocycles. The fourth-order valence-corrected chi connectivity index (χ4v) is 8.05. The van der Waals surface area contributed by atoms with Gasteiger partial charge < -0.3 is 9.79 Å². The molecule has 0 amide bonds. The van der Waals surface area contributed by atoms with Gasteiger partial charge in [-0.25, -0.2) is 0 Å². The number of hydrogen-bond donors (Lipinski definition) is 0. The Morgan fingerprint density at radius 2 is 0.850 bits per heavy atom. The second-order valence-corrected chi connectivity index (χ2v) is 17.4. The zero-order valence-electron chi connectivity index (χ0n) is 26.4. The molecule has 0 N–H and O–H groups in total. The van der Waals surface area contributed by atoms with Gasteiger partial charge in [0.05, 0.1) is 0 Å². The molecular weight excluding hydrogens is 601 g/mol. The summed E-state index contributed by atoms with van der Waals surface area (Å²) in [6.45, 7) is 4.56. The van der Waals surface area contributed by atoms with E-state index in [0.717, 1.165) is 29.1 Å². The fourth-order valence-electron chi connectivity index (χ4n) is 5.58. The molecule has 0 aliphatic carbocycles. The van der Waals surface area contributed by atoms with E-state index in [1.165, 1.54) is 165 Å². The van der Waals surface area contributed by atoms with Crippen LogP contribution in [0.3, 0.4) is 0 Å². The van der Waals surface area contributed by atoms with Crippen molar-refractivity contribution in [2.45, 2.75) is 186 Å². The molecule has 0 aliphatic heterocycles. The first-order valence-electron chi connectivity index (χ1n) is 16.8. The SMILES string of the molecule is CCCCCCCCCCCCCCc1ccc(SP([O-])([O-])=S)cc1CCCCCCCCCCCCCC.[Zn+2]. The summed E-state index contributed by atoms with van der Waals surface area (Å²) in [6, 6.07) is 6.24. The maximum Gasteiger partial charge on any atom is 2.00 e. The van der Waals surface area contributed by atoms with E-state index >= 15 is 0 Å². The first-order chi connectivity index (χ1) is 19.0. The summed E-state index contributed by atoms with van der Waals surface area (Å²) in [4.78, 5) is 24.1. The van der Waals surface area contributed by atoms with Crippen molar-refractivity contribution >= 4 is 28.9 Å². The minimum atomic E-state index is -3.78. The minimum Gasteiger partial charge on any atom is -0.824 e. The first-order valence-corrected chi connectivity index (χ1v) is 20.9. The minimum absolute atomic E-state index is 0. The van der Waals surface area contributed by atoms with Crippen molar-refractivity contribution in [2.24, 2.45) is 0 Å². The third kappa shape index (κ3) is 25.3. The van der Waals surface area contributed by atoms with Gasteiger partial charge in [-0.15, -0.1) is 23.2 Å². The Morgan fingerprint density at radius 1 is 0.525 bits per heavy atom. The smallest absolute Gasteiger partial charge is 0.824 e. The van der Waals surface area contributed by atoms with E-state index in [1.807, 2.05) is 6.07 Å². The maximum atomic E-state index is 11.7. The quantitative estimate of drug-likeness (QED) is 0.0509. The van der Waals surface area contributed by atoms with Crippen LogP contribution in [0.4, 0.5) is 0 Å². The Morgan fingerprint density at radius 3 is 1.20 bits per heavy atom. The summed E-state index contributed by atoms with van der Waals surface area (Å²) in [5.74, 6) is 0. The number of rotatable bonds is 28. The van der Waals surface area contributed by atoms with Gasteiger partial charge in [0.2, 0.25) is 0 Å². The Hall–Kier alpha value is 0.763. The molecular formula is C34H61O2PS2Zn. The zero-order chi connectivity index (χ0) is 28.4. The summed E-state index contributed by atoms with van der Waals surface area (Å²) in [7, 11) is 0. The molecule has 1 rings (SSSR count). The molecule has 0 aliphatic rings. The van der Waals surface area contributed by atoms with Crippen molar-refractivity contribution < 1.29 is 29.3 Å². The van der Waals surface area contributed by atoms with Gasteiger partial charge in [-0.05, 0) is 48.9 Å². The normalized spacial score (nSPS) is 11.6. The van der Waals surface area contributed by atoms with E-state index < -0.39 is 5.69 Å². The van der Waals surface area contributed by atoms with Gasteiger partial charge in [0.1, 0.15) is 0 Å². The van der Waals surface area contributed by atoms with Gasteiger partial charge in [0, 0.05) is 4.90 Å². The van der Waals surface area contributed by atoms with Crippen LogP contribution in [0.25, 0.3) is 0 Å². The second kappa shape index (κ2) is 28.5. The molecule has 0 unspecified atom stereocenters. The van der Waals surface area contributed by atoms with Crippen molar-refractivity contribution in [1.82, 2.24) is 0 Å². The molecule has 0 saturated heterocycles. The van der Waals surface area contributed by atoms with Crippen LogP contribution in [-0.4, -0.2) is 0 Å². The van der Waals surface area contributed by atoms with E-state index in [4.69, 9.17) is 0 Å². The number of unbranched alkanes of at least 4 members (excludes halogenated alkanes) is 22. The number of aryl methyl sites for hydroxylation is 2. The van der Waals surface area contributed by atoms with Crippen molar-refractivity contribution in [3.63, 3.8) is 0 Å². The van der Waals surface area contributed by atoms with Crippen LogP contribution >= 0.6 is 17.1 Å². The predicted octanol–water partition coefficient (Wildman–Crippen LogP) is 11.2. The molecule has 0 radical (unpaired) electrons. The van der Waals surface area contributed by atoms with Crippen molar-refractivity contribution in [3.8, 4) is 0 Å². The summed E-state index contributed by atoms with van der Waals surface area (Å²) in [5, 5.41) is 0. The molecule has 40 heavy (non-hydrogen) atoms. The topological polar surface area (TPSA) is 46.1 Å². The molecule has 1 aromatic carbocycles. The molecule has 2 nitrogen and oxygen atoms in total. The van der Waals surface area contributed by atoms with Crippen LogP contribution in [-0.2, 0) is 44.1 Å². The summed E-state index contributed by atoms with van der Waals surface area (Å²) in [6.07, 6.45) is 34.9. The number of hydrogen-bond acceptors (Lipinski definition) is 4. The molecule has 6 heteroatoms. The van der Waals surface area contributed by atoms with Gasteiger partial charge in [0.25, 0.3) is 0 Å². The van der Waals surface area contributed by atoms with E-state index in [9.17, 15) is 9.79 Å². The summed E-state index contributed by atoms with van der Waals surface area (Å²) < 4.78 is 0. The summed E-state index contributed by atoms with van der Waals surface area (Å²) >= 11 is 5.50. The van der Waals surface area contributed by atoms with Crippen LogP contribution in [0.2, 0.25) is 0 Å². The molecule has 0 fully saturated rings. The van der Waals surface area contributed by atoms with Crippen LogP contribution in [0, 0.1) is 0 Å². The van der Waals surface area contributed by atoms with Crippen LogP contribution < -0.4 is 9.79 Å². The first kappa shape index (κ1) is 40.8. The average molecular weight is 662 g/mol. The second-order valence-electron chi connectivity index (χ2n) is 11.7. The monoisotopic (exact) mass is 660 g/mol. The van der Waals surface area contributed by atoms with Crippen LogP contribution in [0.1, 0.15) is 179 Å². The fraction of sp³-hybridized carbons (Fsp3) is 0.824. The van der Waals surface area contributed by atoms with E-state index in [2.05, 4.69) is 37.8 Å². The van der Waals surface area contributed by atoms with Gasteiger partial charge in [-0.2, -0.15) is 5.69 Å². The Labute approximate surface area is 271 Å². The molecule has 0 bridgehead atoms. The van der Waals surface area contributed by atoms with Gasteiger partial charge in [-0.3, -0.25) is 0 Å². The third-order valence-electron chi connectivity index (χ3n) is 7.99. The Bertz CT molecular complexity index is 741.